The Bertz CT molecular complexity index is 811. The molecule has 0 amide bonds. The lowest BCUT2D eigenvalue weighted by atomic mass is 10.1. The molecule has 0 radical (unpaired) electrons. The third-order valence-corrected chi connectivity index (χ3v) is 4.54. The molecule has 0 aliphatic carbocycles. The number of benzene rings is 1. The Morgan fingerprint density at radius 1 is 1.21 bits per heavy atom. The standard InChI is InChI=1S/C17H21N5OS/c1-4-9-22-16(13-8-6-7-12(3)10-13)19-20-17(22)24-11-15-18-14(5-2)21-23-15/h6-8,10H,4-5,9,11H2,1-3H3. The minimum atomic E-state index is 0.600. The fourth-order valence-electron chi connectivity index (χ4n) is 2.44. The van der Waals surface area contributed by atoms with Gasteiger partial charge in [0.15, 0.2) is 16.8 Å². The Kier molecular flexibility index (Phi) is 5.30. The molecule has 6 nitrogen and oxygen atoms in total. The monoisotopic (exact) mass is 343 g/mol. The SMILES string of the molecule is CCCn1c(SCc2nc(CC)no2)nnc1-c1cccc(C)c1. The molecule has 0 fully saturated rings. The molecule has 7 heteroatoms. The smallest absolute Gasteiger partial charge is 0.237 e. The van der Waals surface area contributed by atoms with Gasteiger partial charge in [-0.05, 0) is 19.4 Å². The zero-order chi connectivity index (χ0) is 16.9. The highest BCUT2D eigenvalue weighted by molar-refractivity contribution is 7.98. The third-order valence-electron chi connectivity index (χ3n) is 3.59. The lowest BCUT2D eigenvalue weighted by Crippen LogP contribution is -2.02. The van der Waals surface area contributed by atoms with E-state index in [0.717, 1.165) is 41.8 Å². The summed E-state index contributed by atoms with van der Waals surface area (Å²) in [5.74, 6) is 2.87. The van der Waals surface area contributed by atoms with Crippen LogP contribution in [0.4, 0.5) is 0 Å². The van der Waals surface area contributed by atoms with Crippen LogP contribution in [0.2, 0.25) is 0 Å². The van der Waals surface area contributed by atoms with Crippen molar-refractivity contribution < 1.29 is 4.52 Å². The van der Waals surface area contributed by atoms with Gasteiger partial charge in [0.2, 0.25) is 5.89 Å². The summed E-state index contributed by atoms with van der Waals surface area (Å²) in [6, 6.07) is 8.34. The molecule has 0 bridgehead atoms. The average Bonchev–Trinajstić information content (AvgIpc) is 3.20. The second-order valence-electron chi connectivity index (χ2n) is 5.57. The molecule has 24 heavy (non-hydrogen) atoms. The molecule has 0 aliphatic heterocycles. The van der Waals surface area contributed by atoms with Crippen LogP contribution >= 0.6 is 11.8 Å². The first-order chi connectivity index (χ1) is 11.7. The van der Waals surface area contributed by atoms with Crippen molar-refractivity contribution in [2.75, 3.05) is 0 Å². The van der Waals surface area contributed by atoms with Gasteiger partial charge in [0.1, 0.15) is 0 Å². The number of rotatable bonds is 7. The predicted octanol–water partition coefficient (Wildman–Crippen LogP) is 3.90. The van der Waals surface area contributed by atoms with Crippen LogP contribution < -0.4 is 0 Å². The van der Waals surface area contributed by atoms with E-state index >= 15 is 0 Å². The Hall–Kier alpha value is -2.15. The molecule has 0 unspecified atom stereocenters. The molecule has 2 aromatic heterocycles. The van der Waals surface area contributed by atoms with Gasteiger partial charge in [-0.25, -0.2) is 0 Å². The minimum absolute atomic E-state index is 0.600. The quantitative estimate of drug-likeness (QED) is 0.606. The van der Waals surface area contributed by atoms with Crippen LogP contribution in [0.5, 0.6) is 0 Å². The van der Waals surface area contributed by atoms with E-state index in [0.29, 0.717) is 11.6 Å². The highest BCUT2D eigenvalue weighted by Gasteiger charge is 2.15. The van der Waals surface area contributed by atoms with E-state index in [1.165, 1.54) is 5.56 Å². The van der Waals surface area contributed by atoms with Crippen LogP contribution in [0.25, 0.3) is 11.4 Å². The predicted molar refractivity (Wildman–Crippen MR) is 93.7 cm³/mol. The Morgan fingerprint density at radius 3 is 2.79 bits per heavy atom. The second kappa shape index (κ2) is 7.61. The van der Waals surface area contributed by atoms with Crippen LogP contribution in [0.1, 0.15) is 37.5 Å². The van der Waals surface area contributed by atoms with E-state index in [-0.39, 0.29) is 0 Å². The van der Waals surface area contributed by atoms with Crippen LogP contribution in [-0.4, -0.2) is 24.9 Å². The lowest BCUT2D eigenvalue weighted by Gasteiger charge is -2.08. The van der Waals surface area contributed by atoms with E-state index < -0.39 is 0 Å². The van der Waals surface area contributed by atoms with Gasteiger partial charge in [-0.1, -0.05) is 54.5 Å². The number of nitrogens with zero attached hydrogens (tertiary/aromatic N) is 5. The van der Waals surface area contributed by atoms with Crippen molar-refractivity contribution in [1.29, 1.82) is 0 Å². The molecule has 3 aromatic rings. The summed E-state index contributed by atoms with van der Waals surface area (Å²) in [4.78, 5) is 4.34. The second-order valence-corrected chi connectivity index (χ2v) is 6.52. The molecule has 2 heterocycles. The molecule has 3 rings (SSSR count). The number of aromatic nitrogens is 5. The first kappa shape index (κ1) is 16.7. The molecular weight excluding hydrogens is 322 g/mol. The van der Waals surface area contributed by atoms with E-state index in [1.807, 2.05) is 13.0 Å². The summed E-state index contributed by atoms with van der Waals surface area (Å²) >= 11 is 1.58. The summed E-state index contributed by atoms with van der Waals surface area (Å²) in [5.41, 5.74) is 2.31. The van der Waals surface area contributed by atoms with E-state index in [9.17, 15) is 0 Å². The maximum atomic E-state index is 5.24. The third kappa shape index (κ3) is 3.67. The lowest BCUT2D eigenvalue weighted by molar-refractivity contribution is 0.385. The Balaban J connectivity index is 1.82. The normalized spacial score (nSPS) is 11.1. The van der Waals surface area contributed by atoms with Gasteiger partial charge in [-0.3, -0.25) is 0 Å². The molecule has 0 saturated carbocycles. The number of aryl methyl sites for hydroxylation is 2. The van der Waals surface area contributed by atoms with Gasteiger partial charge < -0.3 is 9.09 Å². The van der Waals surface area contributed by atoms with E-state index in [2.05, 4.69) is 57.0 Å². The number of hydrogen-bond acceptors (Lipinski definition) is 6. The molecular formula is C17H21N5OS. The summed E-state index contributed by atoms with van der Waals surface area (Å²) in [6.07, 6.45) is 1.79. The number of thioether (sulfide) groups is 1. The van der Waals surface area contributed by atoms with Crippen molar-refractivity contribution in [3.63, 3.8) is 0 Å². The summed E-state index contributed by atoms with van der Waals surface area (Å²) < 4.78 is 7.41. The van der Waals surface area contributed by atoms with Gasteiger partial charge in [0.05, 0.1) is 5.75 Å². The fourth-order valence-corrected chi connectivity index (χ4v) is 3.24. The minimum Gasteiger partial charge on any atom is -0.338 e. The zero-order valence-corrected chi connectivity index (χ0v) is 15.0. The first-order valence-electron chi connectivity index (χ1n) is 8.15. The summed E-state index contributed by atoms with van der Waals surface area (Å²) in [7, 11) is 0. The molecule has 0 N–H and O–H groups in total. The number of hydrogen-bond donors (Lipinski definition) is 0. The molecule has 1 aromatic carbocycles. The molecule has 0 spiro atoms. The summed E-state index contributed by atoms with van der Waals surface area (Å²) in [6.45, 7) is 7.12. The van der Waals surface area contributed by atoms with Crippen molar-refractivity contribution in [2.45, 2.75) is 51.1 Å². The van der Waals surface area contributed by atoms with E-state index in [4.69, 9.17) is 4.52 Å². The van der Waals surface area contributed by atoms with Gasteiger partial charge in [0.25, 0.3) is 0 Å². The van der Waals surface area contributed by atoms with Crippen LogP contribution in [-0.2, 0) is 18.7 Å². The zero-order valence-electron chi connectivity index (χ0n) is 14.2. The molecule has 0 saturated heterocycles. The largest absolute Gasteiger partial charge is 0.338 e. The molecule has 0 aliphatic rings. The van der Waals surface area contributed by atoms with Crippen LogP contribution in [0.3, 0.4) is 0 Å². The van der Waals surface area contributed by atoms with Crippen molar-refractivity contribution in [3.05, 3.63) is 41.5 Å². The van der Waals surface area contributed by atoms with Gasteiger partial charge >= 0.3 is 0 Å². The van der Waals surface area contributed by atoms with Gasteiger partial charge in [-0.15, -0.1) is 10.2 Å². The highest BCUT2D eigenvalue weighted by atomic mass is 32.2. The molecule has 0 atom stereocenters. The fraction of sp³-hybridized carbons (Fsp3) is 0.412. The van der Waals surface area contributed by atoms with Gasteiger partial charge in [-0.2, -0.15) is 4.98 Å². The Labute approximate surface area is 145 Å². The first-order valence-corrected chi connectivity index (χ1v) is 9.14. The molecule has 126 valence electrons. The highest BCUT2D eigenvalue weighted by Crippen LogP contribution is 2.26. The van der Waals surface area contributed by atoms with Crippen LogP contribution in [0, 0.1) is 6.92 Å². The maximum absolute atomic E-state index is 5.24. The van der Waals surface area contributed by atoms with Crippen LogP contribution in [0.15, 0.2) is 33.9 Å². The van der Waals surface area contributed by atoms with E-state index in [1.54, 1.807) is 11.8 Å². The van der Waals surface area contributed by atoms with Crippen molar-refractivity contribution in [2.24, 2.45) is 0 Å². The topological polar surface area (TPSA) is 69.6 Å². The summed E-state index contributed by atoms with van der Waals surface area (Å²) in [5, 5.41) is 13.6. The van der Waals surface area contributed by atoms with Gasteiger partial charge in [0, 0.05) is 18.5 Å². The van der Waals surface area contributed by atoms with Crippen molar-refractivity contribution >= 4 is 11.8 Å². The van der Waals surface area contributed by atoms with Crippen molar-refractivity contribution in [1.82, 2.24) is 24.9 Å². The maximum Gasteiger partial charge on any atom is 0.237 e. The van der Waals surface area contributed by atoms with Crippen molar-refractivity contribution in [3.8, 4) is 11.4 Å². The Morgan fingerprint density at radius 2 is 2.08 bits per heavy atom. The average molecular weight is 343 g/mol.